The molecular weight excluding hydrogens is 214 g/mol. The molecule has 1 heterocycles. The summed E-state index contributed by atoms with van der Waals surface area (Å²) in [4.78, 5) is 4.13. The number of benzene rings is 1. The van der Waals surface area contributed by atoms with Gasteiger partial charge >= 0.3 is 0 Å². The second-order valence-corrected chi connectivity index (χ2v) is 4.36. The van der Waals surface area contributed by atoms with Crippen molar-refractivity contribution < 1.29 is 4.52 Å². The molecule has 0 unspecified atom stereocenters. The normalized spacial score (nSPS) is 10.8. The Balaban J connectivity index is 1.95. The second-order valence-electron chi connectivity index (χ2n) is 4.36. The maximum Gasteiger partial charge on any atom is 0.223 e. The Labute approximate surface area is 101 Å². The lowest BCUT2D eigenvalue weighted by Crippen LogP contribution is -2.01. The average Bonchev–Trinajstić information content (AvgIpc) is 2.73. The van der Waals surface area contributed by atoms with Crippen molar-refractivity contribution in [1.82, 2.24) is 10.1 Å². The van der Waals surface area contributed by atoms with Gasteiger partial charge in [-0.25, -0.2) is 0 Å². The van der Waals surface area contributed by atoms with Gasteiger partial charge in [0.25, 0.3) is 0 Å². The quantitative estimate of drug-likeness (QED) is 0.878. The van der Waals surface area contributed by atoms with Gasteiger partial charge < -0.3 is 9.84 Å². The third kappa shape index (κ3) is 3.06. The van der Waals surface area contributed by atoms with Crippen LogP contribution >= 0.6 is 0 Å². The summed E-state index contributed by atoms with van der Waals surface area (Å²) in [5.74, 6) is 1.83. The van der Waals surface area contributed by atoms with Gasteiger partial charge in [0.15, 0.2) is 5.82 Å². The van der Waals surface area contributed by atoms with E-state index in [0.29, 0.717) is 24.2 Å². The highest BCUT2D eigenvalue weighted by atomic mass is 16.5. The van der Waals surface area contributed by atoms with Crippen LogP contribution in [0, 0.1) is 6.92 Å². The molecule has 17 heavy (non-hydrogen) atoms. The van der Waals surface area contributed by atoms with E-state index in [4.69, 9.17) is 4.52 Å². The molecule has 2 rings (SSSR count). The van der Waals surface area contributed by atoms with E-state index in [1.165, 1.54) is 5.56 Å². The van der Waals surface area contributed by atoms with E-state index in [1.807, 2.05) is 0 Å². The van der Waals surface area contributed by atoms with Crippen LogP contribution in [0.4, 0.5) is 5.69 Å². The fraction of sp³-hybridized carbons (Fsp3) is 0.385. The van der Waals surface area contributed by atoms with Crippen LogP contribution in [0.25, 0.3) is 0 Å². The van der Waals surface area contributed by atoms with Gasteiger partial charge in [-0.15, -0.1) is 0 Å². The summed E-state index contributed by atoms with van der Waals surface area (Å²) in [5, 5.41) is 7.08. The highest BCUT2D eigenvalue weighted by Gasteiger charge is 2.02. The van der Waals surface area contributed by atoms with Gasteiger partial charge in [0, 0.05) is 12.6 Å². The summed E-state index contributed by atoms with van der Waals surface area (Å²) >= 11 is 0. The Bertz CT molecular complexity index is 474. The molecule has 0 amide bonds. The van der Waals surface area contributed by atoms with Gasteiger partial charge in [-0.2, -0.15) is 4.98 Å². The Morgan fingerprint density at radius 3 is 2.47 bits per heavy atom. The van der Waals surface area contributed by atoms with Gasteiger partial charge in [-0.1, -0.05) is 31.1 Å². The van der Waals surface area contributed by atoms with E-state index in [9.17, 15) is 0 Å². The van der Waals surface area contributed by atoms with Crippen molar-refractivity contribution in [2.45, 2.75) is 33.2 Å². The van der Waals surface area contributed by atoms with E-state index >= 15 is 0 Å². The van der Waals surface area contributed by atoms with Crippen molar-refractivity contribution in [3.63, 3.8) is 0 Å². The van der Waals surface area contributed by atoms with Crippen molar-refractivity contribution in [2.75, 3.05) is 5.32 Å². The maximum atomic E-state index is 4.90. The van der Waals surface area contributed by atoms with Crippen LogP contribution in [0.5, 0.6) is 0 Å². The summed E-state index contributed by atoms with van der Waals surface area (Å²) in [6.45, 7) is 6.74. The minimum Gasteiger partial charge on any atom is -0.378 e. The first-order chi connectivity index (χ1) is 8.15. The zero-order chi connectivity index (χ0) is 12.3. The SMILES string of the molecule is Cc1nc(CNc2ccc(C(C)C)cc2)no1. The summed E-state index contributed by atoms with van der Waals surface area (Å²) < 4.78 is 4.90. The summed E-state index contributed by atoms with van der Waals surface area (Å²) in [5.41, 5.74) is 2.41. The molecule has 0 saturated heterocycles. The number of hydrogen-bond donors (Lipinski definition) is 1. The third-order valence-corrected chi connectivity index (χ3v) is 2.60. The molecule has 0 aliphatic carbocycles. The average molecular weight is 231 g/mol. The van der Waals surface area contributed by atoms with Crippen molar-refractivity contribution in [3.8, 4) is 0 Å². The molecule has 1 aromatic heterocycles. The lowest BCUT2D eigenvalue weighted by atomic mass is 10.0. The lowest BCUT2D eigenvalue weighted by molar-refractivity contribution is 0.388. The molecule has 0 radical (unpaired) electrons. The molecule has 1 N–H and O–H groups in total. The van der Waals surface area contributed by atoms with E-state index in [0.717, 1.165) is 5.69 Å². The van der Waals surface area contributed by atoms with Crippen LogP contribution in [0.2, 0.25) is 0 Å². The summed E-state index contributed by atoms with van der Waals surface area (Å²) in [6, 6.07) is 8.41. The minimum absolute atomic E-state index is 0.559. The number of rotatable bonds is 4. The molecule has 2 aromatic rings. The molecule has 4 nitrogen and oxygen atoms in total. The summed E-state index contributed by atoms with van der Waals surface area (Å²) in [6.07, 6.45) is 0. The van der Waals surface area contributed by atoms with Gasteiger partial charge in [-0.3, -0.25) is 0 Å². The van der Waals surface area contributed by atoms with Gasteiger partial charge in [0.05, 0.1) is 6.54 Å². The lowest BCUT2D eigenvalue weighted by Gasteiger charge is -2.07. The van der Waals surface area contributed by atoms with Gasteiger partial charge in [-0.05, 0) is 23.6 Å². The molecule has 0 aliphatic rings. The van der Waals surface area contributed by atoms with Crippen molar-refractivity contribution in [2.24, 2.45) is 0 Å². The Morgan fingerprint density at radius 2 is 1.94 bits per heavy atom. The molecule has 0 fully saturated rings. The molecule has 1 aromatic carbocycles. The molecule has 0 atom stereocenters. The van der Waals surface area contributed by atoms with Crippen molar-refractivity contribution in [1.29, 1.82) is 0 Å². The van der Waals surface area contributed by atoms with Crippen LogP contribution in [0.1, 0.15) is 37.0 Å². The molecule has 4 heteroatoms. The van der Waals surface area contributed by atoms with E-state index in [1.54, 1.807) is 6.92 Å². The second kappa shape index (κ2) is 4.99. The number of aromatic nitrogens is 2. The van der Waals surface area contributed by atoms with E-state index in [-0.39, 0.29) is 0 Å². The zero-order valence-corrected chi connectivity index (χ0v) is 10.4. The minimum atomic E-state index is 0.559. The third-order valence-electron chi connectivity index (χ3n) is 2.60. The van der Waals surface area contributed by atoms with Crippen LogP contribution < -0.4 is 5.32 Å². The van der Waals surface area contributed by atoms with Crippen LogP contribution in [0.15, 0.2) is 28.8 Å². The van der Waals surface area contributed by atoms with Crippen molar-refractivity contribution >= 4 is 5.69 Å². The highest BCUT2D eigenvalue weighted by Crippen LogP contribution is 2.17. The fourth-order valence-electron chi connectivity index (χ4n) is 1.58. The first-order valence-corrected chi connectivity index (χ1v) is 5.78. The molecular formula is C13H17N3O. The molecule has 0 spiro atoms. The van der Waals surface area contributed by atoms with E-state index < -0.39 is 0 Å². The molecule has 90 valence electrons. The number of aryl methyl sites for hydroxylation is 1. The highest BCUT2D eigenvalue weighted by molar-refractivity contribution is 5.45. The maximum absolute atomic E-state index is 4.90. The Morgan fingerprint density at radius 1 is 1.24 bits per heavy atom. The molecule has 0 saturated carbocycles. The van der Waals surface area contributed by atoms with Crippen molar-refractivity contribution in [3.05, 3.63) is 41.5 Å². The van der Waals surface area contributed by atoms with E-state index in [2.05, 4.69) is 53.6 Å². The largest absolute Gasteiger partial charge is 0.378 e. The first kappa shape index (κ1) is 11.6. The standard InChI is InChI=1S/C13H17N3O/c1-9(2)11-4-6-12(7-5-11)14-8-13-15-10(3)17-16-13/h4-7,9,14H,8H2,1-3H3. The fourth-order valence-corrected chi connectivity index (χ4v) is 1.58. The van der Waals surface area contributed by atoms with Crippen LogP contribution in [0.3, 0.4) is 0 Å². The number of nitrogens with one attached hydrogen (secondary N) is 1. The molecule has 0 bridgehead atoms. The van der Waals surface area contributed by atoms with Crippen LogP contribution in [-0.4, -0.2) is 10.1 Å². The Hall–Kier alpha value is -1.84. The smallest absolute Gasteiger partial charge is 0.223 e. The predicted molar refractivity (Wildman–Crippen MR) is 66.9 cm³/mol. The number of anilines is 1. The van der Waals surface area contributed by atoms with Gasteiger partial charge in [0.1, 0.15) is 0 Å². The number of hydrogen-bond acceptors (Lipinski definition) is 4. The monoisotopic (exact) mass is 231 g/mol. The molecule has 0 aliphatic heterocycles. The predicted octanol–water partition coefficient (Wildman–Crippen LogP) is 3.11. The van der Waals surface area contributed by atoms with Crippen LogP contribution in [-0.2, 0) is 6.54 Å². The van der Waals surface area contributed by atoms with Gasteiger partial charge in [0.2, 0.25) is 5.89 Å². The first-order valence-electron chi connectivity index (χ1n) is 5.78. The number of nitrogens with zero attached hydrogens (tertiary/aromatic N) is 2. The summed E-state index contributed by atoms with van der Waals surface area (Å²) in [7, 11) is 0. The topological polar surface area (TPSA) is 51.0 Å². The zero-order valence-electron chi connectivity index (χ0n) is 10.4. The Kier molecular flexibility index (Phi) is 3.42.